The van der Waals surface area contributed by atoms with Gasteiger partial charge < -0.3 is 10.1 Å². The van der Waals surface area contributed by atoms with Crippen LogP contribution < -0.4 is 5.32 Å². The summed E-state index contributed by atoms with van der Waals surface area (Å²) in [7, 11) is 0. The molecule has 0 spiro atoms. The Morgan fingerprint density at radius 3 is 2.54 bits per heavy atom. The molecule has 0 aliphatic carbocycles. The molecule has 0 fully saturated rings. The lowest BCUT2D eigenvalue weighted by Crippen LogP contribution is -2.33. The Morgan fingerprint density at radius 2 is 1.96 bits per heavy atom. The molecule has 0 radical (unpaired) electrons. The fourth-order valence-corrected chi connectivity index (χ4v) is 2.70. The maximum absolute atomic E-state index is 12.8. The van der Waals surface area contributed by atoms with Gasteiger partial charge in [-0.25, -0.2) is 4.79 Å². The third kappa shape index (κ3) is 3.25. The minimum atomic E-state index is -0.675. The van der Waals surface area contributed by atoms with Crippen molar-refractivity contribution in [2.45, 2.75) is 39.3 Å². The van der Waals surface area contributed by atoms with Crippen LogP contribution in [0.25, 0.3) is 0 Å². The number of non-ortho nitro benzene ring substituents is 1. The number of fused-ring (bicyclic) bond motifs is 1. The summed E-state index contributed by atoms with van der Waals surface area (Å²) >= 11 is 0. The van der Waals surface area contributed by atoms with Crippen LogP contribution in [0.2, 0.25) is 0 Å². The zero-order chi connectivity index (χ0) is 19.1. The summed E-state index contributed by atoms with van der Waals surface area (Å²) in [5.74, 6) is -0.134. The number of nitrogens with one attached hydrogen (secondary N) is 1. The lowest BCUT2D eigenvalue weighted by Gasteiger charge is -2.29. The Hall–Kier alpha value is -3.30. The SMILES string of the molecule is CC1=C(C(=O)OC(C)(C)C)C(c2ccc([N+](=O)[O-])cc2)n2nnnc2N1. The average molecular weight is 358 g/mol. The van der Waals surface area contributed by atoms with Gasteiger partial charge in [0.1, 0.15) is 11.6 Å². The highest BCUT2D eigenvalue weighted by atomic mass is 16.6. The quantitative estimate of drug-likeness (QED) is 0.503. The van der Waals surface area contributed by atoms with Crippen LogP contribution in [-0.2, 0) is 9.53 Å². The number of esters is 1. The molecule has 26 heavy (non-hydrogen) atoms. The van der Waals surface area contributed by atoms with Gasteiger partial charge >= 0.3 is 5.97 Å². The third-order valence-corrected chi connectivity index (χ3v) is 3.75. The lowest BCUT2D eigenvalue weighted by atomic mass is 9.95. The third-order valence-electron chi connectivity index (χ3n) is 3.75. The van der Waals surface area contributed by atoms with E-state index >= 15 is 0 Å². The largest absolute Gasteiger partial charge is 0.456 e. The van der Waals surface area contributed by atoms with Crippen molar-refractivity contribution in [3.63, 3.8) is 0 Å². The Labute approximate surface area is 149 Å². The maximum Gasteiger partial charge on any atom is 0.338 e. The van der Waals surface area contributed by atoms with Gasteiger partial charge in [0.2, 0.25) is 5.95 Å². The number of nitro groups is 1. The standard InChI is InChI=1S/C16H18N6O4/c1-9-12(14(23)26-16(2,3)4)13(21-15(17-9)18-19-20-21)10-5-7-11(8-6-10)22(24)25/h5-8,13H,1-4H3,(H,17,18,20). The maximum atomic E-state index is 12.8. The van der Waals surface area contributed by atoms with E-state index in [-0.39, 0.29) is 5.69 Å². The molecule has 0 saturated carbocycles. The van der Waals surface area contributed by atoms with E-state index in [0.717, 1.165) is 0 Å². The molecule has 1 aliphatic rings. The smallest absolute Gasteiger partial charge is 0.338 e. The number of tetrazole rings is 1. The fourth-order valence-electron chi connectivity index (χ4n) is 2.70. The summed E-state index contributed by atoms with van der Waals surface area (Å²) in [6, 6.07) is 5.26. The normalized spacial score (nSPS) is 16.7. The number of aromatic nitrogens is 4. The number of hydrogen-bond acceptors (Lipinski definition) is 8. The van der Waals surface area contributed by atoms with Crippen LogP contribution in [0.1, 0.15) is 39.3 Å². The first-order valence-electron chi connectivity index (χ1n) is 7.91. The highest BCUT2D eigenvalue weighted by Crippen LogP contribution is 2.36. The van der Waals surface area contributed by atoms with Crippen LogP contribution in [0, 0.1) is 10.1 Å². The molecule has 0 saturated heterocycles. The highest BCUT2D eigenvalue weighted by Gasteiger charge is 2.36. The van der Waals surface area contributed by atoms with E-state index in [4.69, 9.17) is 4.74 Å². The predicted octanol–water partition coefficient (Wildman–Crippen LogP) is 2.21. The molecule has 0 bridgehead atoms. The van der Waals surface area contributed by atoms with Gasteiger partial charge in [0, 0.05) is 17.8 Å². The van der Waals surface area contributed by atoms with Crippen molar-refractivity contribution in [3.05, 3.63) is 51.2 Å². The molecular weight excluding hydrogens is 340 g/mol. The van der Waals surface area contributed by atoms with Gasteiger partial charge in [-0.1, -0.05) is 5.10 Å². The Kier molecular flexibility index (Phi) is 4.18. The minimum Gasteiger partial charge on any atom is -0.456 e. The minimum absolute atomic E-state index is 0.0425. The van der Waals surface area contributed by atoms with E-state index in [2.05, 4.69) is 20.8 Å². The fraction of sp³-hybridized carbons (Fsp3) is 0.375. The Morgan fingerprint density at radius 1 is 1.31 bits per heavy atom. The van der Waals surface area contributed by atoms with Gasteiger partial charge in [0.25, 0.3) is 5.69 Å². The van der Waals surface area contributed by atoms with Crippen molar-refractivity contribution in [2.75, 3.05) is 5.32 Å². The van der Waals surface area contributed by atoms with Crippen LogP contribution in [0.5, 0.6) is 0 Å². The van der Waals surface area contributed by atoms with Gasteiger partial charge in [0.05, 0.1) is 10.5 Å². The highest BCUT2D eigenvalue weighted by molar-refractivity contribution is 5.92. The molecule has 2 aromatic rings. The Balaban J connectivity index is 2.08. The molecule has 1 aliphatic heterocycles. The lowest BCUT2D eigenvalue weighted by molar-refractivity contribution is -0.384. The average Bonchev–Trinajstić information content (AvgIpc) is 2.99. The topological polar surface area (TPSA) is 125 Å². The molecule has 3 rings (SSSR count). The predicted molar refractivity (Wildman–Crippen MR) is 91.2 cm³/mol. The van der Waals surface area contributed by atoms with E-state index in [1.165, 1.54) is 16.8 Å². The number of ether oxygens (including phenoxy) is 1. The summed E-state index contributed by atoms with van der Waals surface area (Å²) in [6.45, 7) is 7.07. The summed E-state index contributed by atoms with van der Waals surface area (Å²) in [5.41, 5.74) is 0.814. The molecule has 10 heteroatoms. The molecule has 136 valence electrons. The first-order valence-corrected chi connectivity index (χ1v) is 7.91. The number of anilines is 1. The van der Waals surface area contributed by atoms with Gasteiger partial charge in [-0.05, 0) is 55.8 Å². The first-order chi connectivity index (χ1) is 12.2. The van der Waals surface area contributed by atoms with Gasteiger partial charge in [-0.3, -0.25) is 10.1 Å². The number of nitro benzene ring substituents is 1. The monoisotopic (exact) mass is 358 g/mol. The molecule has 1 N–H and O–H groups in total. The first kappa shape index (κ1) is 17.5. The van der Waals surface area contributed by atoms with Crippen molar-refractivity contribution >= 4 is 17.6 Å². The van der Waals surface area contributed by atoms with Crippen LogP contribution in [-0.4, -0.2) is 36.7 Å². The van der Waals surface area contributed by atoms with E-state index in [9.17, 15) is 14.9 Å². The molecule has 10 nitrogen and oxygen atoms in total. The van der Waals surface area contributed by atoms with Crippen molar-refractivity contribution in [1.29, 1.82) is 0 Å². The zero-order valence-corrected chi connectivity index (χ0v) is 14.8. The van der Waals surface area contributed by atoms with E-state index in [0.29, 0.717) is 22.8 Å². The van der Waals surface area contributed by atoms with Crippen LogP contribution in [0.15, 0.2) is 35.5 Å². The number of hydrogen-bond donors (Lipinski definition) is 1. The molecule has 1 aromatic carbocycles. The summed E-state index contributed by atoms with van der Waals surface area (Å²) < 4.78 is 6.98. The number of rotatable bonds is 3. The number of carbonyl (C=O) groups is 1. The molecule has 1 aromatic heterocycles. The molecular formula is C16H18N6O4. The van der Waals surface area contributed by atoms with Crippen molar-refractivity contribution in [2.24, 2.45) is 0 Å². The summed E-state index contributed by atoms with van der Waals surface area (Å²) in [5, 5.41) is 25.4. The second-order valence-electron chi connectivity index (χ2n) is 6.86. The van der Waals surface area contributed by atoms with Crippen molar-refractivity contribution < 1.29 is 14.5 Å². The van der Waals surface area contributed by atoms with Crippen LogP contribution in [0.4, 0.5) is 11.6 Å². The van der Waals surface area contributed by atoms with Crippen LogP contribution >= 0.6 is 0 Å². The number of benzene rings is 1. The second-order valence-corrected chi connectivity index (χ2v) is 6.86. The van der Waals surface area contributed by atoms with Crippen LogP contribution in [0.3, 0.4) is 0 Å². The summed E-state index contributed by atoms with van der Waals surface area (Å²) in [6.07, 6.45) is 0. The number of allylic oxidation sites excluding steroid dienone is 1. The number of carbonyl (C=O) groups excluding carboxylic acids is 1. The van der Waals surface area contributed by atoms with E-state index in [1.807, 2.05) is 0 Å². The molecule has 1 atom stereocenters. The van der Waals surface area contributed by atoms with Gasteiger partial charge in [-0.15, -0.1) is 0 Å². The van der Waals surface area contributed by atoms with E-state index < -0.39 is 22.5 Å². The van der Waals surface area contributed by atoms with E-state index in [1.54, 1.807) is 39.8 Å². The summed E-state index contributed by atoms with van der Waals surface area (Å²) in [4.78, 5) is 23.2. The van der Waals surface area contributed by atoms with Crippen molar-refractivity contribution in [3.8, 4) is 0 Å². The molecule has 1 unspecified atom stereocenters. The van der Waals surface area contributed by atoms with Gasteiger partial charge in [-0.2, -0.15) is 4.68 Å². The second kappa shape index (κ2) is 6.21. The Bertz CT molecular complexity index is 894. The molecule has 2 heterocycles. The zero-order valence-electron chi connectivity index (χ0n) is 14.8. The molecule has 0 amide bonds. The van der Waals surface area contributed by atoms with Crippen molar-refractivity contribution in [1.82, 2.24) is 20.2 Å². The number of nitrogens with zero attached hydrogens (tertiary/aromatic N) is 5. The van der Waals surface area contributed by atoms with Gasteiger partial charge in [0.15, 0.2) is 0 Å².